The van der Waals surface area contributed by atoms with Crippen molar-refractivity contribution in [3.8, 4) is 0 Å². The molecule has 21 heavy (non-hydrogen) atoms. The van der Waals surface area contributed by atoms with Crippen molar-refractivity contribution in [3.63, 3.8) is 0 Å². The average molecular weight is 290 g/mol. The normalized spacial score (nSPS) is 20.7. The van der Waals surface area contributed by atoms with E-state index in [2.05, 4.69) is 49.5 Å². The van der Waals surface area contributed by atoms with E-state index in [-0.39, 0.29) is 5.41 Å². The number of imidazole rings is 1. The highest BCUT2D eigenvalue weighted by atomic mass is 15.2. The zero-order valence-electron chi connectivity index (χ0n) is 14.2. The molecule has 1 unspecified atom stereocenters. The van der Waals surface area contributed by atoms with Crippen LogP contribution in [0.3, 0.4) is 0 Å². The lowest BCUT2D eigenvalue weighted by atomic mass is 9.95. The first-order chi connectivity index (χ1) is 9.88. The van der Waals surface area contributed by atoms with Gasteiger partial charge in [0.05, 0.1) is 5.69 Å². The predicted octanol–water partition coefficient (Wildman–Crippen LogP) is 2.31. The maximum Gasteiger partial charge on any atom is 0.114 e. The molecule has 1 aliphatic carbocycles. The third-order valence-corrected chi connectivity index (χ3v) is 4.92. The zero-order chi connectivity index (χ0) is 15.2. The number of aromatic nitrogens is 2. The summed E-state index contributed by atoms with van der Waals surface area (Å²) >= 11 is 0. The van der Waals surface area contributed by atoms with Crippen LogP contribution in [-0.2, 0) is 24.9 Å². The number of nitrogens with zero attached hydrogens (tertiary/aromatic N) is 3. The first-order valence-corrected chi connectivity index (χ1v) is 8.39. The van der Waals surface area contributed by atoms with Crippen molar-refractivity contribution < 1.29 is 0 Å². The Morgan fingerprint density at radius 1 is 1.38 bits per heavy atom. The van der Waals surface area contributed by atoms with E-state index in [1.165, 1.54) is 30.1 Å². The van der Waals surface area contributed by atoms with Crippen molar-refractivity contribution in [2.24, 2.45) is 0 Å². The van der Waals surface area contributed by atoms with Crippen molar-refractivity contribution in [2.75, 3.05) is 13.6 Å². The molecule has 1 saturated carbocycles. The van der Waals surface area contributed by atoms with E-state index in [1.807, 2.05) is 0 Å². The largest absolute Gasteiger partial charge is 0.330 e. The molecule has 1 aromatic rings. The van der Waals surface area contributed by atoms with Crippen LogP contribution in [0.25, 0.3) is 0 Å². The van der Waals surface area contributed by atoms with Crippen molar-refractivity contribution in [3.05, 3.63) is 17.2 Å². The van der Waals surface area contributed by atoms with Crippen LogP contribution in [0.15, 0.2) is 0 Å². The Morgan fingerprint density at radius 2 is 2.10 bits per heavy atom. The van der Waals surface area contributed by atoms with Gasteiger partial charge in [-0.05, 0) is 26.8 Å². The summed E-state index contributed by atoms with van der Waals surface area (Å²) in [6, 6.07) is 1.39. The summed E-state index contributed by atoms with van der Waals surface area (Å²) in [6.45, 7) is 12.3. The molecule has 0 spiro atoms. The van der Waals surface area contributed by atoms with Crippen molar-refractivity contribution in [1.82, 2.24) is 19.8 Å². The third-order valence-electron chi connectivity index (χ3n) is 4.92. The molecule has 1 aromatic heterocycles. The van der Waals surface area contributed by atoms with Gasteiger partial charge in [-0.15, -0.1) is 0 Å². The fourth-order valence-corrected chi connectivity index (χ4v) is 3.37. The number of likely N-dealkylation sites (N-methyl/N-ethyl adjacent to an activating group) is 1. The van der Waals surface area contributed by atoms with Crippen LogP contribution in [0.4, 0.5) is 0 Å². The van der Waals surface area contributed by atoms with E-state index >= 15 is 0 Å². The predicted molar refractivity (Wildman–Crippen MR) is 86.6 cm³/mol. The van der Waals surface area contributed by atoms with Gasteiger partial charge in [-0.3, -0.25) is 4.90 Å². The first kappa shape index (κ1) is 15.0. The minimum atomic E-state index is 0.106. The number of hydrogen-bond acceptors (Lipinski definition) is 3. The van der Waals surface area contributed by atoms with Gasteiger partial charge >= 0.3 is 0 Å². The van der Waals surface area contributed by atoms with Gasteiger partial charge in [-0.2, -0.15) is 0 Å². The van der Waals surface area contributed by atoms with Crippen LogP contribution < -0.4 is 5.32 Å². The maximum absolute atomic E-state index is 4.98. The van der Waals surface area contributed by atoms with E-state index in [0.717, 1.165) is 32.1 Å². The molecule has 1 aliphatic heterocycles. The van der Waals surface area contributed by atoms with Gasteiger partial charge in [0.25, 0.3) is 0 Å². The molecule has 0 aromatic carbocycles. The Balaban J connectivity index is 1.89. The number of hydrogen-bond donors (Lipinski definition) is 1. The van der Waals surface area contributed by atoms with E-state index in [1.54, 1.807) is 0 Å². The van der Waals surface area contributed by atoms with Gasteiger partial charge in [-0.25, -0.2) is 4.98 Å². The third kappa shape index (κ3) is 3.02. The molecule has 118 valence electrons. The van der Waals surface area contributed by atoms with Crippen LogP contribution >= 0.6 is 0 Å². The van der Waals surface area contributed by atoms with Crippen LogP contribution in [0, 0.1) is 0 Å². The summed E-state index contributed by atoms with van der Waals surface area (Å²) in [5, 5.41) is 3.45. The summed E-state index contributed by atoms with van der Waals surface area (Å²) in [6.07, 6.45) is 3.86. The lowest BCUT2D eigenvalue weighted by Crippen LogP contribution is -2.36. The van der Waals surface area contributed by atoms with E-state index < -0.39 is 0 Å². The van der Waals surface area contributed by atoms with Crippen molar-refractivity contribution in [2.45, 2.75) is 77.5 Å². The lowest BCUT2D eigenvalue weighted by molar-refractivity contribution is 0.220. The molecular weight excluding hydrogens is 260 g/mol. The van der Waals surface area contributed by atoms with E-state index in [9.17, 15) is 0 Å². The smallest absolute Gasteiger partial charge is 0.114 e. The highest BCUT2D eigenvalue weighted by Crippen LogP contribution is 2.30. The summed E-state index contributed by atoms with van der Waals surface area (Å²) in [7, 11) is 2.28. The van der Waals surface area contributed by atoms with Gasteiger partial charge in [-0.1, -0.05) is 20.8 Å². The second-order valence-corrected chi connectivity index (χ2v) is 7.86. The van der Waals surface area contributed by atoms with Crippen LogP contribution in [-0.4, -0.2) is 40.1 Å². The Labute approximate surface area is 128 Å². The molecule has 0 saturated heterocycles. The maximum atomic E-state index is 4.98. The fourth-order valence-electron chi connectivity index (χ4n) is 3.37. The van der Waals surface area contributed by atoms with Gasteiger partial charge in [0, 0.05) is 49.2 Å². The average Bonchev–Trinajstić information content (AvgIpc) is 3.20. The summed E-state index contributed by atoms with van der Waals surface area (Å²) < 4.78 is 2.53. The van der Waals surface area contributed by atoms with Crippen LogP contribution in [0.5, 0.6) is 0 Å². The molecule has 1 N–H and O–H groups in total. The quantitative estimate of drug-likeness (QED) is 0.924. The molecule has 3 rings (SSSR count). The molecule has 1 atom stereocenters. The monoisotopic (exact) mass is 290 g/mol. The Morgan fingerprint density at radius 3 is 2.71 bits per heavy atom. The zero-order valence-corrected chi connectivity index (χ0v) is 14.2. The molecule has 4 nitrogen and oxygen atoms in total. The van der Waals surface area contributed by atoms with Gasteiger partial charge in [0.15, 0.2) is 0 Å². The standard InChI is InChI=1S/C17H30N4/c1-12(20(5)13-6-7-13)11-21-15-8-9-18-10-14(15)19-16(21)17(2,3)4/h12-13,18H,6-11H2,1-5H3. The minimum absolute atomic E-state index is 0.106. The fraction of sp³-hybridized carbons (Fsp3) is 0.824. The Bertz CT molecular complexity index is 508. The molecular formula is C17H30N4. The molecule has 0 bridgehead atoms. The highest BCUT2D eigenvalue weighted by Gasteiger charge is 2.32. The molecule has 0 radical (unpaired) electrons. The molecule has 1 fully saturated rings. The second-order valence-electron chi connectivity index (χ2n) is 7.86. The Hall–Kier alpha value is -0.870. The number of rotatable bonds is 4. The summed E-state index contributed by atoms with van der Waals surface area (Å²) in [4.78, 5) is 7.53. The highest BCUT2D eigenvalue weighted by molar-refractivity contribution is 5.23. The second kappa shape index (κ2) is 5.40. The van der Waals surface area contributed by atoms with E-state index in [4.69, 9.17) is 4.98 Å². The molecule has 0 amide bonds. The Kier molecular flexibility index (Phi) is 3.87. The molecule has 4 heteroatoms. The first-order valence-electron chi connectivity index (χ1n) is 8.39. The van der Waals surface area contributed by atoms with Gasteiger partial charge in [0.1, 0.15) is 5.82 Å². The van der Waals surface area contributed by atoms with E-state index in [0.29, 0.717) is 6.04 Å². The van der Waals surface area contributed by atoms with Gasteiger partial charge in [0.2, 0.25) is 0 Å². The number of fused-ring (bicyclic) bond motifs is 1. The summed E-state index contributed by atoms with van der Waals surface area (Å²) in [5.74, 6) is 1.26. The minimum Gasteiger partial charge on any atom is -0.330 e. The van der Waals surface area contributed by atoms with Crippen molar-refractivity contribution >= 4 is 0 Å². The van der Waals surface area contributed by atoms with Crippen LogP contribution in [0.2, 0.25) is 0 Å². The SMILES string of the molecule is CC(Cn1c(C(C)(C)C)nc2c1CCNC2)N(C)C1CC1. The lowest BCUT2D eigenvalue weighted by Gasteiger charge is -2.29. The topological polar surface area (TPSA) is 33.1 Å². The van der Waals surface area contributed by atoms with Crippen LogP contribution in [0.1, 0.15) is 57.7 Å². The summed E-state index contributed by atoms with van der Waals surface area (Å²) in [5.41, 5.74) is 2.84. The van der Waals surface area contributed by atoms with Crippen molar-refractivity contribution in [1.29, 1.82) is 0 Å². The molecule has 2 heterocycles. The number of nitrogens with one attached hydrogen (secondary N) is 1. The van der Waals surface area contributed by atoms with Gasteiger partial charge < -0.3 is 9.88 Å². The molecule has 2 aliphatic rings.